The summed E-state index contributed by atoms with van der Waals surface area (Å²) >= 11 is 25.3. The van der Waals surface area contributed by atoms with Crippen molar-refractivity contribution in [2.75, 3.05) is 5.75 Å². The zero-order chi connectivity index (χ0) is 13.7. The van der Waals surface area contributed by atoms with Gasteiger partial charge in [-0.15, -0.1) is 11.8 Å². The number of aromatic hydroxyl groups is 1. The SMILES string of the molecule is CC=CCCCSc1c(Cl)c(Cl)c(O)c(Cl)c1Cl. The Morgan fingerprint density at radius 3 is 2.11 bits per heavy atom. The molecule has 0 saturated carbocycles. The zero-order valence-corrected chi connectivity index (χ0v) is 13.5. The van der Waals surface area contributed by atoms with Crippen molar-refractivity contribution in [3.63, 3.8) is 0 Å². The average Bonchev–Trinajstić information content (AvgIpc) is 2.37. The van der Waals surface area contributed by atoms with Gasteiger partial charge in [0.05, 0.1) is 10.0 Å². The summed E-state index contributed by atoms with van der Waals surface area (Å²) in [6, 6.07) is 0. The second-order valence-corrected chi connectivity index (χ2v) is 6.11. The van der Waals surface area contributed by atoms with Crippen molar-refractivity contribution in [2.24, 2.45) is 0 Å². The Morgan fingerprint density at radius 1 is 1.06 bits per heavy atom. The number of halogens is 4. The number of rotatable bonds is 5. The number of hydrogen-bond acceptors (Lipinski definition) is 2. The molecule has 0 aliphatic heterocycles. The Bertz CT molecular complexity index is 431. The van der Waals surface area contributed by atoms with E-state index in [2.05, 4.69) is 6.08 Å². The number of unbranched alkanes of at least 4 members (excludes halogenated alkanes) is 1. The summed E-state index contributed by atoms with van der Waals surface area (Å²) in [6.07, 6.45) is 6.11. The van der Waals surface area contributed by atoms with Gasteiger partial charge in [-0.3, -0.25) is 0 Å². The molecule has 0 amide bonds. The number of benzene rings is 1. The topological polar surface area (TPSA) is 20.2 Å². The lowest BCUT2D eigenvalue weighted by Gasteiger charge is -2.11. The molecule has 6 heteroatoms. The lowest BCUT2D eigenvalue weighted by Crippen LogP contribution is -1.86. The van der Waals surface area contributed by atoms with Crippen LogP contribution in [0.4, 0.5) is 0 Å². The molecule has 0 aliphatic rings. The molecule has 0 bridgehead atoms. The molecule has 18 heavy (non-hydrogen) atoms. The van der Waals surface area contributed by atoms with Gasteiger partial charge in [-0.2, -0.15) is 0 Å². The molecule has 1 aromatic rings. The number of thioether (sulfide) groups is 1. The number of phenols is 1. The van der Waals surface area contributed by atoms with Crippen molar-refractivity contribution < 1.29 is 5.11 Å². The van der Waals surface area contributed by atoms with Crippen LogP contribution in [0.3, 0.4) is 0 Å². The molecule has 100 valence electrons. The van der Waals surface area contributed by atoms with Gasteiger partial charge in [0.1, 0.15) is 10.0 Å². The summed E-state index contributed by atoms with van der Waals surface area (Å²) in [5.74, 6) is 0.577. The van der Waals surface area contributed by atoms with Gasteiger partial charge in [0.15, 0.2) is 5.75 Å². The first-order valence-electron chi connectivity index (χ1n) is 5.29. The van der Waals surface area contributed by atoms with E-state index < -0.39 is 0 Å². The molecule has 0 aliphatic carbocycles. The third-order valence-corrected chi connectivity index (χ3v) is 5.30. The maximum absolute atomic E-state index is 9.58. The molecule has 1 rings (SSSR count). The summed E-state index contributed by atoms with van der Waals surface area (Å²) in [5.41, 5.74) is 0. The van der Waals surface area contributed by atoms with Crippen molar-refractivity contribution in [3.8, 4) is 5.75 Å². The minimum atomic E-state index is -0.272. The van der Waals surface area contributed by atoms with Crippen molar-refractivity contribution in [3.05, 3.63) is 32.2 Å². The monoisotopic (exact) mass is 344 g/mol. The molecule has 0 heterocycles. The molecule has 1 N–H and O–H groups in total. The summed E-state index contributed by atoms with van der Waals surface area (Å²) in [4.78, 5) is 0.617. The van der Waals surface area contributed by atoms with Crippen LogP contribution in [0.1, 0.15) is 19.8 Å². The van der Waals surface area contributed by atoms with Crippen molar-refractivity contribution in [1.82, 2.24) is 0 Å². The summed E-state index contributed by atoms with van der Waals surface area (Å²) in [7, 11) is 0. The molecule has 0 spiro atoms. The van der Waals surface area contributed by atoms with Crippen LogP contribution >= 0.6 is 58.2 Å². The highest BCUT2D eigenvalue weighted by Gasteiger charge is 2.19. The van der Waals surface area contributed by atoms with E-state index in [1.165, 1.54) is 11.8 Å². The smallest absolute Gasteiger partial charge is 0.155 e. The van der Waals surface area contributed by atoms with E-state index in [0.717, 1.165) is 18.6 Å². The van der Waals surface area contributed by atoms with Crippen molar-refractivity contribution >= 4 is 58.2 Å². The highest BCUT2D eigenvalue weighted by atomic mass is 35.5. The van der Waals surface area contributed by atoms with Gasteiger partial charge in [-0.25, -0.2) is 0 Å². The highest BCUT2D eigenvalue weighted by molar-refractivity contribution is 7.99. The van der Waals surface area contributed by atoms with Crippen LogP contribution in [0.25, 0.3) is 0 Å². The second kappa shape index (κ2) is 7.76. The van der Waals surface area contributed by atoms with Crippen LogP contribution in [0.5, 0.6) is 5.75 Å². The third-order valence-electron chi connectivity index (χ3n) is 2.20. The fourth-order valence-electron chi connectivity index (χ4n) is 1.27. The summed E-state index contributed by atoms with van der Waals surface area (Å²) < 4.78 is 0. The standard InChI is InChI=1S/C12H12Cl4OS/c1-2-3-4-5-6-18-12-9(15)7(13)11(17)8(14)10(12)16/h2-3,17H,4-6H2,1H3. The fraction of sp³-hybridized carbons (Fsp3) is 0.333. The van der Waals surface area contributed by atoms with Gasteiger partial charge in [-0.1, -0.05) is 58.6 Å². The summed E-state index contributed by atoms with van der Waals surface area (Å²) in [6.45, 7) is 1.99. The van der Waals surface area contributed by atoms with Gasteiger partial charge in [-0.05, 0) is 25.5 Å². The van der Waals surface area contributed by atoms with Gasteiger partial charge in [0, 0.05) is 4.90 Å². The van der Waals surface area contributed by atoms with Crippen LogP contribution < -0.4 is 0 Å². The third kappa shape index (κ3) is 3.88. The van der Waals surface area contributed by atoms with E-state index in [0.29, 0.717) is 4.90 Å². The van der Waals surface area contributed by atoms with Crippen LogP contribution in [0.2, 0.25) is 20.1 Å². The van der Waals surface area contributed by atoms with E-state index in [4.69, 9.17) is 46.4 Å². The number of phenolic OH excluding ortho intramolecular Hbond substituents is 1. The molecule has 0 radical (unpaired) electrons. The quantitative estimate of drug-likeness (QED) is 0.286. The molecule has 0 unspecified atom stereocenters. The first-order valence-corrected chi connectivity index (χ1v) is 7.79. The van der Waals surface area contributed by atoms with Gasteiger partial charge >= 0.3 is 0 Å². The molecule has 1 aromatic carbocycles. The van der Waals surface area contributed by atoms with E-state index in [9.17, 15) is 5.11 Å². The predicted octanol–water partition coefficient (Wildman–Crippen LogP) is 6.45. The normalized spacial score (nSPS) is 11.4. The lowest BCUT2D eigenvalue weighted by molar-refractivity contribution is 0.475. The number of hydrogen-bond donors (Lipinski definition) is 1. The van der Waals surface area contributed by atoms with Gasteiger partial charge < -0.3 is 5.11 Å². The Morgan fingerprint density at radius 2 is 1.61 bits per heavy atom. The van der Waals surface area contributed by atoms with Crippen molar-refractivity contribution in [1.29, 1.82) is 0 Å². The minimum Gasteiger partial charge on any atom is -0.505 e. The Labute approximate surface area is 131 Å². The van der Waals surface area contributed by atoms with Crippen LogP contribution in [0, 0.1) is 0 Å². The Kier molecular flexibility index (Phi) is 7.04. The second-order valence-electron chi connectivity index (χ2n) is 3.49. The van der Waals surface area contributed by atoms with Crippen LogP contribution in [-0.2, 0) is 0 Å². The number of allylic oxidation sites excluding steroid dienone is 2. The van der Waals surface area contributed by atoms with Gasteiger partial charge in [0.2, 0.25) is 0 Å². The first kappa shape index (κ1) is 16.3. The maximum atomic E-state index is 9.58. The highest BCUT2D eigenvalue weighted by Crippen LogP contribution is 2.49. The minimum absolute atomic E-state index is 0.0435. The van der Waals surface area contributed by atoms with Crippen molar-refractivity contribution in [2.45, 2.75) is 24.7 Å². The zero-order valence-electron chi connectivity index (χ0n) is 9.64. The van der Waals surface area contributed by atoms with E-state index in [1.54, 1.807) is 0 Å². The summed E-state index contributed by atoms with van der Waals surface area (Å²) in [5, 5.41) is 10.2. The van der Waals surface area contributed by atoms with E-state index in [-0.39, 0.29) is 25.8 Å². The maximum Gasteiger partial charge on any atom is 0.155 e. The Hall–Kier alpha value is 0.270. The molecule has 0 saturated heterocycles. The lowest BCUT2D eigenvalue weighted by atomic mass is 10.3. The molecule has 0 atom stereocenters. The largest absolute Gasteiger partial charge is 0.505 e. The van der Waals surface area contributed by atoms with Gasteiger partial charge in [0.25, 0.3) is 0 Å². The van der Waals surface area contributed by atoms with Crippen LogP contribution in [0.15, 0.2) is 17.0 Å². The fourth-order valence-corrected chi connectivity index (χ4v) is 3.52. The molecule has 0 aromatic heterocycles. The molecule has 1 nitrogen and oxygen atoms in total. The predicted molar refractivity (Wildman–Crippen MR) is 82.9 cm³/mol. The molecular formula is C12H12Cl4OS. The van der Waals surface area contributed by atoms with E-state index in [1.807, 2.05) is 13.0 Å². The van der Waals surface area contributed by atoms with E-state index >= 15 is 0 Å². The molecule has 0 fully saturated rings. The molecular weight excluding hydrogens is 334 g/mol. The van der Waals surface area contributed by atoms with Crippen LogP contribution in [-0.4, -0.2) is 10.9 Å². The average molecular weight is 346 g/mol. The Balaban J connectivity index is 2.83. The first-order chi connectivity index (χ1) is 8.50.